The second-order valence-electron chi connectivity index (χ2n) is 8.00. The second kappa shape index (κ2) is 9.23. The Balaban J connectivity index is 1.71. The molecule has 0 fully saturated rings. The molecule has 9 heteroatoms. The number of imidazole rings is 1. The third kappa shape index (κ3) is 4.36. The van der Waals surface area contributed by atoms with Crippen LogP contribution in [0.5, 0.6) is 5.75 Å². The zero-order valence-electron chi connectivity index (χ0n) is 18.7. The van der Waals surface area contributed by atoms with E-state index in [2.05, 4.69) is 4.98 Å². The first-order valence-corrected chi connectivity index (χ1v) is 11.2. The molecule has 0 atom stereocenters. The summed E-state index contributed by atoms with van der Waals surface area (Å²) in [4.78, 5) is 31.6. The number of hydrogen-bond acceptors (Lipinski definition) is 4. The molecule has 0 saturated carbocycles. The van der Waals surface area contributed by atoms with Crippen molar-refractivity contribution in [1.29, 1.82) is 0 Å². The lowest BCUT2D eigenvalue weighted by Gasteiger charge is -2.13. The highest BCUT2D eigenvalue weighted by Gasteiger charge is 2.20. The Labute approximate surface area is 204 Å². The largest absolute Gasteiger partial charge is 0.497 e. The van der Waals surface area contributed by atoms with E-state index in [1.165, 1.54) is 16.7 Å². The van der Waals surface area contributed by atoms with E-state index in [1.807, 2.05) is 24.3 Å². The highest BCUT2D eigenvalue weighted by atomic mass is 35.5. The molecule has 2 heterocycles. The summed E-state index contributed by atoms with van der Waals surface area (Å²) in [7, 11) is 1.60. The Kier molecular flexibility index (Phi) is 5.96. The molecule has 5 rings (SSSR count). The SMILES string of the molecule is COc1ccc(Cn2cnc3c2c(=O)n(Cc2ccc(F)cc2)c(=O)n3-c2ccc(Cl)cc2)cc1. The van der Waals surface area contributed by atoms with E-state index >= 15 is 0 Å². The van der Waals surface area contributed by atoms with Crippen molar-refractivity contribution in [3.8, 4) is 11.4 Å². The predicted octanol–water partition coefficient (Wildman–Crippen LogP) is 4.25. The third-order valence-electron chi connectivity index (χ3n) is 5.75. The number of rotatable bonds is 6. The summed E-state index contributed by atoms with van der Waals surface area (Å²) in [5, 5.41) is 0.516. The van der Waals surface area contributed by atoms with E-state index in [-0.39, 0.29) is 17.7 Å². The van der Waals surface area contributed by atoms with Crippen molar-refractivity contribution in [1.82, 2.24) is 18.7 Å². The van der Waals surface area contributed by atoms with Gasteiger partial charge in [0, 0.05) is 11.6 Å². The van der Waals surface area contributed by atoms with Gasteiger partial charge in [-0.05, 0) is 59.7 Å². The van der Waals surface area contributed by atoms with Crippen LogP contribution in [0.4, 0.5) is 4.39 Å². The summed E-state index contributed by atoms with van der Waals surface area (Å²) in [5.74, 6) is 0.329. The number of benzene rings is 3. The van der Waals surface area contributed by atoms with Crippen molar-refractivity contribution in [2.75, 3.05) is 7.11 Å². The van der Waals surface area contributed by atoms with Crippen LogP contribution in [0, 0.1) is 5.82 Å². The predicted molar refractivity (Wildman–Crippen MR) is 132 cm³/mol. The molecule has 35 heavy (non-hydrogen) atoms. The van der Waals surface area contributed by atoms with Crippen molar-refractivity contribution in [3.05, 3.63) is 122 Å². The van der Waals surface area contributed by atoms with Gasteiger partial charge in [-0.25, -0.2) is 18.7 Å². The van der Waals surface area contributed by atoms with Gasteiger partial charge in [-0.1, -0.05) is 35.9 Å². The van der Waals surface area contributed by atoms with Crippen LogP contribution in [0.3, 0.4) is 0 Å². The number of aromatic nitrogens is 4. The van der Waals surface area contributed by atoms with Crippen LogP contribution in [0.2, 0.25) is 5.02 Å². The molecular weight excluding hydrogens is 471 g/mol. The van der Waals surface area contributed by atoms with Crippen LogP contribution in [0.15, 0.2) is 88.7 Å². The molecule has 0 saturated heterocycles. The Hall–Kier alpha value is -4.17. The van der Waals surface area contributed by atoms with Crippen molar-refractivity contribution >= 4 is 22.8 Å². The molecule has 0 N–H and O–H groups in total. The van der Waals surface area contributed by atoms with Crippen LogP contribution < -0.4 is 16.0 Å². The minimum atomic E-state index is -0.552. The lowest BCUT2D eigenvalue weighted by atomic mass is 10.2. The zero-order chi connectivity index (χ0) is 24.5. The van der Waals surface area contributed by atoms with E-state index in [9.17, 15) is 14.0 Å². The standard InChI is InChI=1S/C26H20ClFN4O3/c1-35-22-12-4-17(5-13-22)14-30-16-29-24-23(30)25(33)31(15-18-2-8-20(28)9-3-18)26(34)32(24)21-10-6-19(27)7-11-21/h2-13,16H,14-15H2,1H3. The van der Waals surface area contributed by atoms with E-state index in [1.54, 1.807) is 54.4 Å². The Morgan fingerprint density at radius 1 is 0.886 bits per heavy atom. The van der Waals surface area contributed by atoms with Gasteiger partial charge in [-0.3, -0.25) is 9.36 Å². The molecule has 0 aliphatic carbocycles. The minimum absolute atomic E-state index is 0.0187. The van der Waals surface area contributed by atoms with Crippen molar-refractivity contribution in [3.63, 3.8) is 0 Å². The molecule has 0 amide bonds. The molecule has 3 aromatic carbocycles. The summed E-state index contributed by atoms with van der Waals surface area (Å²) >= 11 is 6.05. The first kappa shape index (κ1) is 22.6. The molecule has 0 spiro atoms. The Morgan fingerprint density at radius 2 is 1.51 bits per heavy atom. The topological polar surface area (TPSA) is 71.1 Å². The number of ether oxygens (including phenoxy) is 1. The molecule has 0 bridgehead atoms. The second-order valence-corrected chi connectivity index (χ2v) is 8.44. The van der Waals surface area contributed by atoms with Crippen LogP contribution in [0.1, 0.15) is 11.1 Å². The Morgan fingerprint density at radius 3 is 2.17 bits per heavy atom. The number of methoxy groups -OCH3 is 1. The van der Waals surface area contributed by atoms with Crippen molar-refractivity contribution in [2.24, 2.45) is 0 Å². The molecule has 0 unspecified atom stereocenters. The van der Waals surface area contributed by atoms with Gasteiger partial charge in [0.1, 0.15) is 11.6 Å². The van der Waals surface area contributed by atoms with Gasteiger partial charge < -0.3 is 9.30 Å². The highest BCUT2D eigenvalue weighted by Crippen LogP contribution is 2.18. The Bertz CT molecular complexity index is 1620. The van der Waals surface area contributed by atoms with Gasteiger partial charge in [-0.2, -0.15) is 0 Å². The van der Waals surface area contributed by atoms with E-state index in [0.29, 0.717) is 22.8 Å². The number of halogens is 2. The van der Waals surface area contributed by atoms with Gasteiger partial charge in [-0.15, -0.1) is 0 Å². The quantitative estimate of drug-likeness (QED) is 0.357. The maximum Gasteiger partial charge on any atom is 0.337 e. The lowest BCUT2D eigenvalue weighted by Crippen LogP contribution is -2.40. The average molecular weight is 491 g/mol. The maximum atomic E-state index is 13.6. The maximum absolute atomic E-state index is 13.6. The van der Waals surface area contributed by atoms with Crippen LogP contribution in [0.25, 0.3) is 16.9 Å². The summed E-state index contributed by atoms with van der Waals surface area (Å²) in [6.07, 6.45) is 1.55. The molecule has 0 radical (unpaired) electrons. The molecule has 7 nitrogen and oxygen atoms in total. The average Bonchev–Trinajstić information content (AvgIpc) is 3.28. The summed E-state index contributed by atoms with van der Waals surface area (Å²) in [6.45, 7) is 0.348. The summed E-state index contributed by atoms with van der Waals surface area (Å²) < 4.78 is 22.9. The van der Waals surface area contributed by atoms with Crippen LogP contribution >= 0.6 is 11.6 Å². The normalized spacial score (nSPS) is 11.2. The van der Waals surface area contributed by atoms with Crippen LogP contribution in [-0.4, -0.2) is 25.8 Å². The van der Waals surface area contributed by atoms with Gasteiger partial charge >= 0.3 is 5.69 Å². The van der Waals surface area contributed by atoms with Gasteiger partial charge in [0.15, 0.2) is 11.2 Å². The fourth-order valence-electron chi connectivity index (χ4n) is 3.96. The van der Waals surface area contributed by atoms with Gasteiger partial charge in [0.25, 0.3) is 5.56 Å². The first-order chi connectivity index (χ1) is 16.9. The minimum Gasteiger partial charge on any atom is -0.497 e. The van der Waals surface area contributed by atoms with Gasteiger partial charge in [0.2, 0.25) is 0 Å². The third-order valence-corrected chi connectivity index (χ3v) is 6.00. The molecule has 176 valence electrons. The smallest absolute Gasteiger partial charge is 0.337 e. The van der Waals surface area contributed by atoms with Crippen molar-refractivity contribution in [2.45, 2.75) is 13.1 Å². The number of fused-ring (bicyclic) bond motifs is 1. The monoisotopic (exact) mass is 490 g/mol. The molecule has 0 aliphatic rings. The number of hydrogen-bond donors (Lipinski definition) is 0. The molecule has 5 aromatic rings. The van der Waals surface area contributed by atoms with E-state index in [0.717, 1.165) is 15.9 Å². The highest BCUT2D eigenvalue weighted by molar-refractivity contribution is 6.30. The lowest BCUT2D eigenvalue weighted by molar-refractivity contribution is 0.414. The van der Waals surface area contributed by atoms with Crippen molar-refractivity contribution < 1.29 is 9.13 Å². The van der Waals surface area contributed by atoms with E-state index in [4.69, 9.17) is 16.3 Å². The van der Waals surface area contributed by atoms with Crippen LogP contribution in [-0.2, 0) is 13.1 Å². The van der Waals surface area contributed by atoms with E-state index < -0.39 is 17.1 Å². The summed E-state index contributed by atoms with van der Waals surface area (Å²) in [5.41, 5.74) is 1.55. The fourth-order valence-corrected chi connectivity index (χ4v) is 4.09. The molecule has 0 aliphatic heterocycles. The fraction of sp³-hybridized carbons (Fsp3) is 0.115. The molecule has 2 aromatic heterocycles. The first-order valence-electron chi connectivity index (χ1n) is 10.8. The van der Waals surface area contributed by atoms with Gasteiger partial charge in [0.05, 0.1) is 25.7 Å². The zero-order valence-corrected chi connectivity index (χ0v) is 19.4. The summed E-state index contributed by atoms with van der Waals surface area (Å²) in [6, 6.07) is 19.9. The number of nitrogens with zero attached hydrogens (tertiary/aromatic N) is 4. The molecular formula is C26H20ClFN4O3.